The monoisotopic (exact) mass is 1080 g/mol. The maximum Gasteiger partial charge on any atom is 0.305 e. The lowest BCUT2D eigenvalue weighted by molar-refractivity contribution is -0.143. The van der Waals surface area contributed by atoms with Gasteiger partial charge >= 0.3 is 5.97 Å². The number of esters is 1. The van der Waals surface area contributed by atoms with Crippen molar-refractivity contribution in [1.82, 2.24) is 5.32 Å². The zero-order valence-corrected chi connectivity index (χ0v) is 52.2. The Bertz CT molecular complexity index is 1200. The quantitative estimate of drug-likeness (QED) is 0.0320. The molecule has 0 aliphatic heterocycles. The largest absolute Gasteiger partial charge is 0.466 e. The van der Waals surface area contributed by atoms with Crippen molar-refractivity contribution in [2.45, 2.75) is 405 Å². The van der Waals surface area contributed by atoms with E-state index in [2.05, 4.69) is 43.5 Å². The minimum absolute atomic E-state index is 0.00695. The summed E-state index contributed by atoms with van der Waals surface area (Å²) >= 11 is 0. The van der Waals surface area contributed by atoms with Crippen molar-refractivity contribution in [2.24, 2.45) is 0 Å². The maximum atomic E-state index is 12.5. The fraction of sp³-hybridized carbons (Fsp3) is 0.915. The first kappa shape index (κ1) is 75.3. The minimum Gasteiger partial charge on any atom is -0.466 e. The molecule has 6 heteroatoms. The number of allylic oxidation sites excluding steroid dienone is 4. The van der Waals surface area contributed by atoms with Crippen molar-refractivity contribution in [3.8, 4) is 0 Å². The minimum atomic E-state index is -0.664. The van der Waals surface area contributed by atoms with E-state index in [0.717, 1.165) is 44.9 Å². The smallest absolute Gasteiger partial charge is 0.305 e. The Balaban J connectivity index is 3.37. The molecule has 6 nitrogen and oxygen atoms in total. The van der Waals surface area contributed by atoms with Gasteiger partial charge in [0.05, 0.1) is 25.4 Å². The Morgan fingerprint density at radius 1 is 0.351 bits per heavy atom. The first-order chi connectivity index (χ1) is 38.0. The lowest BCUT2D eigenvalue weighted by Crippen LogP contribution is -2.45. The molecule has 0 radical (unpaired) electrons. The van der Waals surface area contributed by atoms with Crippen molar-refractivity contribution >= 4 is 11.9 Å². The summed E-state index contributed by atoms with van der Waals surface area (Å²) in [5, 5.41) is 23.4. The highest BCUT2D eigenvalue weighted by Gasteiger charge is 2.20. The molecule has 3 N–H and O–H groups in total. The maximum absolute atomic E-state index is 12.5. The number of carbonyl (C=O) groups is 2. The molecule has 0 fully saturated rings. The summed E-state index contributed by atoms with van der Waals surface area (Å²) in [4.78, 5) is 24.6. The molecule has 0 aliphatic rings. The predicted molar refractivity (Wildman–Crippen MR) is 338 cm³/mol. The number of rotatable bonds is 66. The Morgan fingerprint density at radius 3 is 0.948 bits per heavy atom. The third-order valence-electron chi connectivity index (χ3n) is 16.5. The van der Waals surface area contributed by atoms with Crippen LogP contribution in [-0.4, -0.2) is 47.4 Å². The Hall–Kier alpha value is -1.66. The molecule has 0 bridgehead atoms. The van der Waals surface area contributed by atoms with Crippen molar-refractivity contribution in [3.05, 3.63) is 24.3 Å². The SMILES string of the molecule is CCCCC/C=C\CCCCCCCC(=O)OCCCCCCCCCCCCCC/C=C\CCCCCCCCCCCCCCCC(=O)NC(CO)C(O)CCCCCCCCCCCCCCCCCCCCC. The number of hydrogen-bond acceptors (Lipinski definition) is 5. The number of amides is 1. The van der Waals surface area contributed by atoms with Gasteiger partial charge in [-0.25, -0.2) is 0 Å². The highest BCUT2D eigenvalue weighted by atomic mass is 16.5. The van der Waals surface area contributed by atoms with Crippen LogP contribution in [0.15, 0.2) is 24.3 Å². The molecular formula is C71H137NO5. The highest BCUT2D eigenvalue weighted by Crippen LogP contribution is 2.19. The third-order valence-corrected chi connectivity index (χ3v) is 16.5. The summed E-state index contributed by atoms with van der Waals surface area (Å²) in [6, 6.07) is -0.541. The van der Waals surface area contributed by atoms with Gasteiger partial charge in [-0.05, 0) is 77.0 Å². The molecule has 0 rings (SSSR count). The molecule has 0 aromatic heterocycles. The lowest BCUT2D eigenvalue weighted by atomic mass is 10.0. The molecule has 456 valence electrons. The first-order valence-corrected chi connectivity index (χ1v) is 35.1. The van der Waals surface area contributed by atoms with Crippen molar-refractivity contribution in [3.63, 3.8) is 0 Å². The van der Waals surface area contributed by atoms with Crippen molar-refractivity contribution in [1.29, 1.82) is 0 Å². The van der Waals surface area contributed by atoms with Gasteiger partial charge in [0.15, 0.2) is 0 Å². The second kappa shape index (κ2) is 66.8. The highest BCUT2D eigenvalue weighted by molar-refractivity contribution is 5.76. The number of carbonyl (C=O) groups excluding carboxylic acids is 2. The summed E-state index contributed by atoms with van der Waals surface area (Å²) in [7, 11) is 0. The molecule has 0 saturated carbocycles. The van der Waals surface area contributed by atoms with Crippen LogP contribution in [0.25, 0.3) is 0 Å². The van der Waals surface area contributed by atoms with Crippen LogP contribution < -0.4 is 5.32 Å². The normalized spacial score (nSPS) is 12.6. The summed E-state index contributed by atoms with van der Waals surface area (Å²) in [6.45, 7) is 4.96. The Kier molecular flexibility index (Phi) is 65.4. The van der Waals surface area contributed by atoms with Crippen LogP contribution in [0.5, 0.6) is 0 Å². The fourth-order valence-corrected chi connectivity index (χ4v) is 11.1. The number of unbranched alkanes of at least 4 members (excludes halogenated alkanes) is 51. The lowest BCUT2D eigenvalue weighted by Gasteiger charge is -2.22. The molecule has 77 heavy (non-hydrogen) atoms. The molecule has 0 spiro atoms. The molecule has 0 aliphatic carbocycles. The van der Waals surface area contributed by atoms with Gasteiger partial charge in [-0.3, -0.25) is 9.59 Å². The number of hydrogen-bond donors (Lipinski definition) is 3. The van der Waals surface area contributed by atoms with Crippen LogP contribution in [0.1, 0.15) is 393 Å². The number of aliphatic hydroxyl groups excluding tert-OH is 2. The number of aliphatic hydroxyl groups is 2. The van der Waals surface area contributed by atoms with Crippen molar-refractivity contribution in [2.75, 3.05) is 13.2 Å². The van der Waals surface area contributed by atoms with Crippen LogP contribution in [0.3, 0.4) is 0 Å². The molecule has 2 unspecified atom stereocenters. The van der Waals surface area contributed by atoms with E-state index < -0.39 is 12.1 Å². The van der Waals surface area contributed by atoms with E-state index >= 15 is 0 Å². The number of ether oxygens (including phenoxy) is 1. The van der Waals surface area contributed by atoms with Gasteiger partial charge in [0, 0.05) is 12.8 Å². The average Bonchev–Trinajstić information content (AvgIpc) is 3.43. The molecular weight excluding hydrogens is 947 g/mol. The van der Waals surface area contributed by atoms with Gasteiger partial charge in [-0.1, -0.05) is 327 Å². The zero-order chi connectivity index (χ0) is 55.7. The van der Waals surface area contributed by atoms with Crippen molar-refractivity contribution < 1.29 is 24.5 Å². The molecule has 1 amide bonds. The van der Waals surface area contributed by atoms with E-state index in [1.54, 1.807) is 0 Å². The summed E-state index contributed by atoms with van der Waals surface area (Å²) in [5.41, 5.74) is 0. The third kappa shape index (κ3) is 63.4. The van der Waals surface area contributed by atoms with E-state index in [-0.39, 0.29) is 18.5 Å². The topological polar surface area (TPSA) is 95.9 Å². The van der Waals surface area contributed by atoms with E-state index in [4.69, 9.17) is 4.74 Å². The van der Waals surface area contributed by atoms with Gasteiger partial charge in [0.25, 0.3) is 0 Å². The van der Waals surface area contributed by atoms with Gasteiger partial charge in [0.2, 0.25) is 5.91 Å². The molecule has 0 aromatic rings. The molecule has 2 atom stereocenters. The zero-order valence-electron chi connectivity index (χ0n) is 52.2. The van der Waals surface area contributed by atoms with E-state index in [0.29, 0.717) is 25.9 Å². The summed E-state index contributed by atoms with van der Waals surface area (Å²) in [6.07, 6.45) is 83.7. The fourth-order valence-electron chi connectivity index (χ4n) is 11.1. The van der Waals surface area contributed by atoms with E-state index in [1.807, 2.05) is 0 Å². The molecule has 0 saturated heterocycles. The Morgan fingerprint density at radius 2 is 0.610 bits per heavy atom. The average molecular weight is 1080 g/mol. The van der Waals surface area contributed by atoms with Crippen LogP contribution >= 0.6 is 0 Å². The Labute approximate surface area is 481 Å². The molecule has 0 aromatic carbocycles. The standard InChI is InChI=1S/C71H137NO5/c1-3-5-7-9-11-13-15-17-18-19-31-34-37-40-43-47-51-55-59-63-69(74)68(67-73)72-70(75)64-60-56-52-48-44-41-38-35-32-29-27-25-23-21-20-22-24-26-28-30-33-36-39-42-46-50-54-58-62-66-77-71(76)65-61-57-53-49-45-16-14-12-10-8-6-4-2/h12,14,20,22,68-69,73-74H,3-11,13,15-19,21,23-67H2,1-2H3,(H,72,75)/b14-12-,22-20-. The van der Waals surface area contributed by atoms with Crippen LogP contribution in [0, 0.1) is 0 Å². The molecule has 0 heterocycles. The number of nitrogens with one attached hydrogen (secondary N) is 1. The second-order valence-corrected chi connectivity index (χ2v) is 24.2. The first-order valence-electron chi connectivity index (χ1n) is 35.1. The van der Waals surface area contributed by atoms with Crippen LogP contribution in [-0.2, 0) is 14.3 Å². The second-order valence-electron chi connectivity index (χ2n) is 24.2. The van der Waals surface area contributed by atoms with E-state index in [1.165, 1.54) is 315 Å². The van der Waals surface area contributed by atoms with Crippen LogP contribution in [0.2, 0.25) is 0 Å². The predicted octanol–water partition coefficient (Wildman–Crippen LogP) is 22.5. The summed E-state index contributed by atoms with van der Waals surface area (Å²) in [5.74, 6) is -0.0232. The van der Waals surface area contributed by atoms with Gasteiger partial charge in [-0.2, -0.15) is 0 Å². The van der Waals surface area contributed by atoms with Crippen LogP contribution in [0.4, 0.5) is 0 Å². The van der Waals surface area contributed by atoms with Gasteiger partial charge in [-0.15, -0.1) is 0 Å². The summed E-state index contributed by atoms with van der Waals surface area (Å²) < 4.78 is 5.47. The van der Waals surface area contributed by atoms with E-state index in [9.17, 15) is 19.8 Å². The van der Waals surface area contributed by atoms with Gasteiger partial charge < -0.3 is 20.3 Å². The van der Waals surface area contributed by atoms with Gasteiger partial charge in [0.1, 0.15) is 0 Å².